The lowest BCUT2D eigenvalue weighted by Crippen LogP contribution is -2.11. The van der Waals surface area contributed by atoms with Gasteiger partial charge in [-0.3, -0.25) is 0 Å². The summed E-state index contributed by atoms with van der Waals surface area (Å²) in [5.41, 5.74) is 3.08. The van der Waals surface area contributed by atoms with E-state index in [9.17, 15) is 9.59 Å². The molecule has 0 saturated carbocycles. The molecule has 0 spiro atoms. The van der Waals surface area contributed by atoms with Crippen LogP contribution in [-0.2, 0) is 17.6 Å². The summed E-state index contributed by atoms with van der Waals surface area (Å²) in [7, 11) is 0. The maximum absolute atomic E-state index is 12.7. The summed E-state index contributed by atoms with van der Waals surface area (Å²) >= 11 is 0. The lowest BCUT2D eigenvalue weighted by Gasteiger charge is -2.09. The smallest absolute Gasteiger partial charge is 0.343 e. The molecule has 5 heteroatoms. The van der Waals surface area contributed by atoms with Crippen LogP contribution in [0.5, 0.6) is 11.5 Å². The lowest BCUT2D eigenvalue weighted by molar-refractivity contribution is 0.0498. The van der Waals surface area contributed by atoms with Crippen molar-refractivity contribution < 1.29 is 23.8 Å². The first-order valence-corrected chi connectivity index (χ1v) is 12.0. The number of rotatable bonds is 11. The maximum atomic E-state index is 12.7. The molecule has 0 saturated heterocycles. The van der Waals surface area contributed by atoms with Crippen molar-refractivity contribution in [2.75, 3.05) is 13.2 Å². The van der Waals surface area contributed by atoms with E-state index < -0.39 is 11.9 Å². The van der Waals surface area contributed by atoms with Crippen LogP contribution < -0.4 is 9.47 Å². The second-order valence-electron chi connectivity index (χ2n) is 8.25. The Morgan fingerprint density at radius 3 is 1.83 bits per heavy atom. The number of aryl methyl sites for hydroxylation is 1. The quantitative estimate of drug-likeness (QED) is 0.143. The van der Waals surface area contributed by atoms with Crippen LogP contribution in [0.4, 0.5) is 0 Å². The van der Waals surface area contributed by atoms with E-state index >= 15 is 0 Å². The molecular formula is C31H28O5. The van der Waals surface area contributed by atoms with E-state index in [1.807, 2.05) is 60.7 Å². The number of hydrogen-bond acceptors (Lipinski definition) is 5. The Labute approximate surface area is 211 Å². The van der Waals surface area contributed by atoms with Gasteiger partial charge in [-0.1, -0.05) is 72.8 Å². The molecule has 0 unspecified atom stereocenters. The molecule has 0 aliphatic heterocycles. The Morgan fingerprint density at radius 1 is 0.556 bits per heavy atom. The van der Waals surface area contributed by atoms with Crippen LogP contribution in [0.3, 0.4) is 0 Å². The summed E-state index contributed by atoms with van der Waals surface area (Å²) in [6, 6.07) is 33.4. The fraction of sp³-hybridized carbons (Fsp3) is 0.161. The predicted molar refractivity (Wildman–Crippen MR) is 139 cm³/mol. The highest BCUT2D eigenvalue weighted by Crippen LogP contribution is 2.19. The van der Waals surface area contributed by atoms with Crippen molar-refractivity contribution in [2.45, 2.75) is 19.3 Å². The van der Waals surface area contributed by atoms with E-state index in [1.54, 1.807) is 42.5 Å². The van der Waals surface area contributed by atoms with Crippen LogP contribution in [0.2, 0.25) is 0 Å². The Kier molecular flexibility index (Phi) is 8.87. The molecule has 0 N–H and O–H groups in total. The molecule has 4 rings (SSSR count). The molecule has 0 atom stereocenters. The van der Waals surface area contributed by atoms with Crippen LogP contribution >= 0.6 is 0 Å². The van der Waals surface area contributed by atoms with Gasteiger partial charge in [0.2, 0.25) is 0 Å². The van der Waals surface area contributed by atoms with E-state index in [0.717, 1.165) is 19.3 Å². The van der Waals surface area contributed by atoms with Crippen LogP contribution in [0.1, 0.15) is 38.3 Å². The van der Waals surface area contributed by atoms with E-state index in [4.69, 9.17) is 14.2 Å². The zero-order chi connectivity index (χ0) is 25.0. The standard InChI is InChI=1S/C31H28O5/c32-30(35-20-9-14-24-10-3-1-4-11-24)26-15-8-18-29(23-26)36-31(33)27-16-7-17-28(22-27)34-21-19-25-12-5-2-6-13-25/h1-8,10-13,15-18,22-23H,9,14,19-21H2. The maximum Gasteiger partial charge on any atom is 0.343 e. The summed E-state index contributed by atoms with van der Waals surface area (Å²) in [4.78, 5) is 25.1. The Hall–Kier alpha value is -4.38. The SMILES string of the molecule is O=C(OCCCc1ccccc1)c1cccc(OC(=O)c2cccc(OCCc3ccccc3)c2)c1. The fourth-order valence-corrected chi connectivity index (χ4v) is 3.67. The van der Waals surface area contributed by atoms with Crippen LogP contribution in [0, 0.1) is 0 Å². The molecule has 0 aliphatic carbocycles. The zero-order valence-corrected chi connectivity index (χ0v) is 20.0. The molecule has 5 nitrogen and oxygen atoms in total. The Bertz CT molecular complexity index is 1270. The number of esters is 2. The van der Waals surface area contributed by atoms with Gasteiger partial charge < -0.3 is 14.2 Å². The third kappa shape index (κ3) is 7.57. The first-order chi connectivity index (χ1) is 17.7. The molecule has 36 heavy (non-hydrogen) atoms. The number of carbonyl (C=O) groups excluding carboxylic acids is 2. The highest BCUT2D eigenvalue weighted by atomic mass is 16.5. The van der Waals surface area contributed by atoms with Crippen molar-refractivity contribution in [2.24, 2.45) is 0 Å². The topological polar surface area (TPSA) is 61.8 Å². The second kappa shape index (κ2) is 12.9. The number of ether oxygens (including phenoxy) is 3. The third-order valence-electron chi connectivity index (χ3n) is 5.54. The van der Waals surface area contributed by atoms with Crippen molar-refractivity contribution >= 4 is 11.9 Å². The molecule has 182 valence electrons. The minimum atomic E-state index is -0.531. The predicted octanol–water partition coefficient (Wildman–Crippen LogP) is 6.32. The summed E-state index contributed by atoms with van der Waals surface area (Å²) < 4.78 is 16.7. The molecule has 0 bridgehead atoms. The number of carbonyl (C=O) groups is 2. The third-order valence-corrected chi connectivity index (χ3v) is 5.54. The largest absolute Gasteiger partial charge is 0.493 e. The average Bonchev–Trinajstić information content (AvgIpc) is 2.92. The van der Waals surface area contributed by atoms with Crippen molar-refractivity contribution in [1.29, 1.82) is 0 Å². The van der Waals surface area contributed by atoms with Crippen molar-refractivity contribution in [3.63, 3.8) is 0 Å². The normalized spacial score (nSPS) is 10.4. The highest BCUT2D eigenvalue weighted by molar-refractivity contribution is 5.93. The molecule has 0 radical (unpaired) electrons. The van der Waals surface area contributed by atoms with Crippen molar-refractivity contribution in [3.8, 4) is 11.5 Å². The van der Waals surface area contributed by atoms with Crippen LogP contribution in [-0.4, -0.2) is 25.2 Å². The van der Waals surface area contributed by atoms with E-state index in [1.165, 1.54) is 17.2 Å². The molecule has 0 heterocycles. The summed E-state index contributed by atoms with van der Waals surface area (Å²) in [5, 5.41) is 0. The van der Waals surface area contributed by atoms with Gasteiger partial charge in [0.1, 0.15) is 11.5 Å². The molecular weight excluding hydrogens is 452 g/mol. The molecule has 4 aromatic rings. The monoisotopic (exact) mass is 480 g/mol. The fourth-order valence-electron chi connectivity index (χ4n) is 3.67. The van der Waals surface area contributed by atoms with E-state index in [2.05, 4.69) is 0 Å². The zero-order valence-electron chi connectivity index (χ0n) is 20.0. The van der Waals surface area contributed by atoms with Crippen LogP contribution in [0.25, 0.3) is 0 Å². The van der Waals surface area contributed by atoms with Gasteiger partial charge in [-0.2, -0.15) is 0 Å². The van der Waals surface area contributed by atoms with E-state index in [0.29, 0.717) is 30.1 Å². The lowest BCUT2D eigenvalue weighted by atomic mass is 10.1. The van der Waals surface area contributed by atoms with Gasteiger partial charge in [-0.15, -0.1) is 0 Å². The first-order valence-electron chi connectivity index (χ1n) is 12.0. The summed E-state index contributed by atoms with van der Waals surface area (Å²) in [6.07, 6.45) is 2.33. The summed E-state index contributed by atoms with van der Waals surface area (Å²) in [5.74, 6) is -0.117. The van der Waals surface area contributed by atoms with Gasteiger partial charge in [0.15, 0.2) is 0 Å². The molecule has 0 aliphatic rings. The number of benzene rings is 4. The van der Waals surface area contributed by atoms with Gasteiger partial charge in [-0.25, -0.2) is 9.59 Å². The second-order valence-corrected chi connectivity index (χ2v) is 8.25. The van der Waals surface area contributed by atoms with Gasteiger partial charge in [0, 0.05) is 6.42 Å². The molecule has 0 amide bonds. The Balaban J connectivity index is 1.27. The minimum Gasteiger partial charge on any atom is -0.493 e. The minimum absolute atomic E-state index is 0.272. The van der Waals surface area contributed by atoms with Gasteiger partial charge >= 0.3 is 11.9 Å². The van der Waals surface area contributed by atoms with Crippen molar-refractivity contribution in [3.05, 3.63) is 131 Å². The average molecular weight is 481 g/mol. The summed E-state index contributed by atoms with van der Waals surface area (Å²) in [6.45, 7) is 0.812. The first kappa shape index (κ1) is 24.7. The molecule has 0 aromatic heterocycles. The Morgan fingerprint density at radius 2 is 1.14 bits per heavy atom. The van der Waals surface area contributed by atoms with E-state index in [-0.39, 0.29) is 5.75 Å². The number of hydrogen-bond donors (Lipinski definition) is 0. The van der Waals surface area contributed by atoms with Crippen LogP contribution in [0.15, 0.2) is 109 Å². The molecule has 0 fully saturated rings. The molecule has 4 aromatic carbocycles. The van der Waals surface area contributed by atoms with Crippen molar-refractivity contribution in [1.82, 2.24) is 0 Å². The highest BCUT2D eigenvalue weighted by Gasteiger charge is 2.13. The van der Waals surface area contributed by atoms with Gasteiger partial charge in [0.25, 0.3) is 0 Å². The van der Waals surface area contributed by atoms with Gasteiger partial charge in [-0.05, 0) is 60.4 Å². The van der Waals surface area contributed by atoms with Gasteiger partial charge in [0.05, 0.1) is 24.3 Å².